The molecule has 0 atom stereocenters. The normalized spacial score (nSPS) is 16.4. The number of halogens is 1. The minimum absolute atomic E-state index is 0.0350. The number of benzene rings is 1. The highest BCUT2D eigenvalue weighted by atomic mass is 32.1. The number of carbonyl (C=O) groups is 1. The van der Waals surface area contributed by atoms with Crippen molar-refractivity contribution in [2.75, 3.05) is 19.6 Å². The highest BCUT2D eigenvalue weighted by Crippen LogP contribution is 2.13. The zero-order chi connectivity index (χ0) is 13.1. The second-order valence-electron chi connectivity index (χ2n) is 4.23. The summed E-state index contributed by atoms with van der Waals surface area (Å²) in [5.74, 6) is -0.340. The van der Waals surface area contributed by atoms with Gasteiger partial charge in [-0.05, 0) is 18.2 Å². The minimum Gasteiger partial charge on any atom is -0.389 e. The Morgan fingerprint density at radius 1 is 1.56 bits per heavy atom. The van der Waals surface area contributed by atoms with Crippen LogP contribution in [0.2, 0.25) is 0 Å². The molecule has 1 fully saturated rings. The van der Waals surface area contributed by atoms with E-state index in [2.05, 4.69) is 5.32 Å². The van der Waals surface area contributed by atoms with Crippen molar-refractivity contribution in [1.82, 2.24) is 10.2 Å². The molecule has 0 unspecified atom stereocenters. The average Bonchev–Trinajstić information content (AvgIpc) is 2.31. The molecule has 1 saturated heterocycles. The van der Waals surface area contributed by atoms with E-state index in [4.69, 9.17) is 18.0 Å². The molecule has 1 aliphatic rings. The second-order valence-corrected chi connectivity index (χ2v) is 4.67. The van der Waals surface area contributed by atoms with E-state index < -0.39 is 0 Å². The van der Waals surface area contributed by atoms with Crippen molar-refractivity contribution in [3.05, 3.63) is 35.1 Å². The summed E-state index contributed by atoms with van der Waals surface area (Å²) in [6.45, 7) is 1.98. The van der Waals surface area contributed by atoms with Crippen LogP contribution in [0.3, 0.4) is 0 Å². The fourth-order valence-corrected chi connectivity index (χ4v) is 2.04. The van der Waals surface area contributed by atoms with Gasteiger partial charge in [-0.15, -0.1) is 0 Å². The Labute approximate surface area is 110 Å². The minimum atomic E-state index is -0.305. The predicted octanol–water partition coefficient (Wildman–Crippen LogP) is 0.392. The van der Waals surface area contributed by atoms with E-state index in [1.807, 2.05) is 4.90 Å². The molecule has 4 nitrogen and oxygen atoms in total. The molecule has 1 heterocycles. The van der Waals surface area contributed by atoms with Gasteiger partial charge in [0.15, 0.2) is 0 Å². The molecular formula is C12H14FN3OS. The van der Waals surface area contributed by atoms with Gasteiger partial charge in [-0.1, -0.05) is 12.2 Å². The number of nitrogens with one attached hydrogen (secondary N) is 1. The van der Waals surface area contributed by atoms with Crippen LogP contribution in [0.15, 0.2) is 18.2 Å². The lowest BCUT2D eigenvalue weighted by molar-refractivity contribution is -0.124. The topological polar surface area (TPSA) is 58.4 Å². The summed E-state index contributed by atoms with van der Waals surface area (Å²) in [6, 6.07) is 4.56. The van der Waals surface area contributed by atoms with Crippen molar-refractivity contribution >= 4 is 23.1 Å². The predicted molar refractivity (Wildman–Crippen MR) is 70.6 cm³/mol. The van der Waals surface area contributed by atoms with E-state index in [-0.39, 0.29) is 23.3 Å². The summed E-state index contributed by atoms with van der Waals surface area (Å²) in [4.78, 5) is 13.4. The Hall–Kier alpha value is -1.53. The maximum atomic E-state index is 13.7. The van der Waals surface area contributed by atoms with Gasteiger partial charge in [0.25, 0.3) is 0 Å². The van der Waals surface area contributed by atoms with Crippen molar-refractivity contribution in [3.63, 3.8) is 0 Å². The number of rotatable bonds is 3. The zero-order valence-corrected chi connectivity index (χ0v) is 10.6. The molecule has 2 rings (SSSR count). The van der Waals surface area contributed by atoms with Crippen LogP contribution in [0.4, 0.5) is 4.39 Å². The van der Waals surface area contributed by atoms with Crippen molar-refractivity contribution in [1.29, 1.82) is 0 Å². The molecule has 0 aromatic heterocycles. The number of piperazine rings is 1. The van der Waals surface area contributed by atoms with Crippen molar-refractivity contribution in [3.8, 4) is 0 Å². The number of hydrogen-bond acceptors (Lipinski definition) is 3. The SMILES string of the molecule is NC(=S)c1ccc(F)c(CN2CCNC(=O)C2)c1. The Bertz CT molecular complexity index is 492. The van der Waals surface area contributed by atoms with Gasteiger partial charge in [-0.25, -0.2) is 4.39 Å². The fraction of sp³-hybridized carbons (Fsp3) is 0.333. The van der Waals surface area contributed by atoms with Crippen LogP contribution in [0.5, 0.6) is 0 Å². The molecule has 0 radical (unpaired) electrons. The maximum absolute atomic E-state index is 13.7. The molecular weight excluding hydrogens is 253 g/mol. The van der Waals surface area contributed by atoms with Gasteiger partial charge in [-0.3, -0.25) is 9.69 Å². The lowest BCUT2D eigenvalue weighted by Gasteiger charge is -2.26. The van der Waals surface area contributed by atoms with Crippen LogP contribution in [-0.4, -0.2) is 35.4 Å². The molecule has 0 aliphatic carbocycles. The number of amides is 1. The smallest absolute Gasteiger partial charge is 0.234 e. The third-order valence-corrected chi connectivity index (χ3v) is 3.08. The van der Waals surface area contributed by atoms with E-state index in [0.717, 1.165) is 0 Å². The monoisotopic (exact) mass is 267 g/mol. The molecule has 96 valence electrons. The van der Waals surface area contributed by atoms with E-state index in [9.17, 15) is 9.18 Å². The quantitative estimate of drug-likeness (QED) is 0.778. The largest absolute Gasteiger partial charge is 0.389 e. The Balaban J connectivity index is 2.14. The van der Waals surface area contributed by atoms with Gasteiger partial charge in [0.05, 0.1) is 6.54 Å². The molecule has 1 aliphatic heterocycles. The number of hydrogen-bond donors (Lipinski definition) is 2. The second kappa shape index (κ2) is 5.41. The third kappa shape index (κ3) is 3.02. The summed E-state index contributed by atoms with van der Waals surface area (Å²) in [5.41, 5.74) is 6.67. The first-order valence-electron chi connectivity index (χ1n) is 5.63. The van der Waals surface area contributed by atoms with Gasteiger partial charge in [0.1, 0.15) is 10.8 Å². The molecule has 18 heavy (non-hydrogen) atoms. The molecule has 0 saturated carbocycles. The van der Waals surface area contributed by atoms with E-state index in [0.29, 0.717) is 30.8 Å². The lowest BCUT2D eigenvalue weighted by Crippen LogP contribution is -2.47. The Kier molecular flexibility index (Phi) is 3.88. The summed E-state index contributed by atoms with van der Waals surface area (Å²) < 4.78 is 13.7. The average molecular weight is 267 g/mol. The molecule has 1 aromatic carbocycles. The number of carbonyl (C=O) groups excluding carboxylic acids is 1. The first kappa shape index (κ1) is 12.9. The molecule has 6 heteroatoms. The highest BCUT2D eigenvalue weighted by molar-refractivity contribution is 7.80. The summed E-state index contributed by atoms with van der Waals surface area (Å²) in [6.07, 6.45) is 0. The van der Waals surface area contributed by atoms with Gasteiger partial charge in [0.2, 0.25) is 5.91 Å². The van der Waals surface area contributed by atoms with E-state index in [1.165, 1.54) is 6.07 Å². The van der Waals surface area contributed by atoms with Crippen molar-refractivity contribution < 1.29 is 9.18 Å². The van der Waals surface area contributed by atoms with Gasteiger partial charge in [0, 0.05) is 30.8 Å². The van der Waals surface area contributed by atoms with Gasteiger partial charge in [-0.2, -0.15) is 0 Å². The van der Waals surface area contributed by atoms with E-state index in [1.54, 1.807) is 12.1 Å². The van der Waals surface area contributed by atoms with Gasteiger partial charge >= 0.3 is 0 Å². The van der Waals surface area contributed by atoms with Crippen LogP contribution in [0.25, 0.3) is 0 Å². The van der Waals surface area contributed by atoms with E-state index >= 15 is 0 Å². The molecule has 3 N–H and O–H groups in total. The molecule has 0 spiro atoms. The third-order valence-electron chi connectivity index (χ3n) is 2.84. The molecule has 1 aromatic rings. The number of nitrogens with two attached hydrogens (primary N) is 1. The van der Waals surface area contributed by atoms with Crippen molar-refractivity contribution in [2.24, 2.45) is 5.73 Å². The summed E-state index contributed by atoms with van der Waals surface area (Å²) in [5, 5.41) is 2.73. The first-order valence-corrected chi connectivity index (χ1v) is 6.04. The van der Waals surface area contributed by atoms with Crippen LogP contribution in [0, 0.1) is 5.82 Å². The Morgan fingerprint density at radius 3 is 3.00 bits per heavy atom. The van der Waals surface area contributed by atoms with Gasteiger partial charge < -0.3 is 11.1 Å². The standard InChI is InChI=1S/C12H14FN3OS/c13-10-2-1-8(12(14)18)5-9(10)6-16-4-3-15-11(17)7-16/h1-2,5H,3-4,6-7H2,(H2,14,18)(H,15,17). The maximum Gasteiger partial charge on any atom is 0.234 e. The zero-order valence-electron chi connectivity index (χ0n) is 9.78. The van der Waals surface area contributed by atoms with Crippen molar-refractivity contribution in [2.45, 2.75) is 6.54 Å². The number of thiocarbonyl (C=S) groups is 1. The Morgan fingerprint density at radius 2 is 2.33 bits per heavy atom. The van der Waals surface area contributed by atoms with Crippen LogP contribution >= 0.6 is 12.2 Å². The summed E-state index contributed by atoms with van der Waals surface area (Å²) >= 11 is 4.87. The highest BCUT2D eigenvalue weighted by Gasteiger charge is 2.17. The molecule has 1 amide bonds. The molecule has 0 bridgehead atoms. The number of nitrogens with zero attached hydrogens (tertiary/aromatic N) is 1. The summed E-state index contributed by atoms with van der Waals surface area (Å²) in [7, 11) is 0. The van der Waals surface area contributed by atoms with Crippen LogP contribution in [0.1, 0.15) is 11.1 Å². The van der Waals surface area contributed by atoms with Crippen LogP contribution in [-0.2, 0) is 11.3 Å². The fourth-order valence-electron chi connectivity index (χ4n) is 1.92. The van der Waals surface area contributed by atoms with Crippen LogP contribution < -0.4 is 11.1 Å². The first-order chi connectivity index (χ1) is 8.56. The lowest BCUT2D eigenvalue weighted by atomic mass is 10.1.